The zero-order valence-electron chi connectivity index (χ0n) is 12.7. The van der Waals surface area contributed by atoms with Crippen LogP contribution in [0.15, 0.2) is 45.3 Å². The molecule has 0 unspecified atom stereocenters. The van der Waals surface area contributed by atoms with Gasteiger partial charge in [0.05, 0.1) is 0 Å². The number of rotatable bonds is 5. The van der Waals surface area contributed by atoms with E-state index in [-0.39, 0.29) is 5.91 Å². The number of nitrogens with two attached hydrogens (primary N) is 1. The third-order valence-corrected chi connectivity index (χ3v) is 4.50. The number of benzene rings is 1. The van der Waals surface area contributed by atoms with Crippen molar-refractivity contribution >= 4 is 21.8 Å². The lowest BCUT2D eigenvalue weighted by molar-refractivity contribution is 0.0752. The highest BCUT2D eigenvalue weighted by atomic mass is 79.9. The Hall–Kier alpha value is -1.79. The van der Waals surface area contributed by atoms with E-state index in [2.05, 4.69) is 15.9 Å². The van der Waals surface area contributed by atoms with Gasteiger partial charge in [-0.25, -0.2) is 0 Å². The molecule has 2 N–H and O–H groups in total. The summed E-state index contributed by atoms with van der Waals surface area (Å²) in [6, 6.07) is 11.1. The fourth-order valence-electron chi connectivity index (χ4n) is 2.62. The molecule has 1 atom stereocenters. The summed E-state index contributed by atoms with van der Waals surface area (Å²) < 4.78 is 12.3. The van der Waals surface area contributed by atoms with Crippen LogP contribution in [-0.4, -0.2) is 30.4 Å². The predicted molar refractivity (Wildman–Crippen MR) is 90.2 cm³/mol. The van der Waals surface area contributed by atoms with Crippen LogP contribution in [0.3, 0.4) is 0 Å². The maximum atomic E-state index is 12.4. The monoisotopic (exact) mass is 378 g/mol. The Kier molecular flexibility index (Phi) is 5.03. The van der Waals surface area contributed by atoms with E-state index in [1.165, 1.54) is 0 Å². The van der Waals surface area contributed by atoms with Gasteiger partial charge in [-0.1, -0.05) is 15.9 Å². The number of carbonyl (C=O) groups excluding carboxylic acids is 1. The summed E-state index contributed by atoms with van der Waals surface area (Å²) in [5, 5.41) is 0. The normalized spacial score (nSPS) is 17.5. The van der Waals surface area contributed by atoms with Crippen molar-refractivity contribution in [3.8, 4) is 5.75 Å². The second kappa shape index (κ2) is 7.19. The summed E-state index contributed by atoms with van der Waals surface area (Å²) in [7, 11) is 0. The van der Waals surface area contributed by atoms with E-state index in [1.807, 2.05) is 24.3 Å². The molecule has 1 aromatic heterocycles. The second-order valence-electron chi connectivity index (χ2n) is 5.65. The standard InChI is InChI=1S/C17H19BrN2O3/c18-13-1-3-14(4-2-13)22-11-15-5-6-16(23-15)17(21)20-8-7-12(9-19)10-20/h1-6,12H,7-11,19H2/t12-/m0/s1. The first-order valence-electron chi connectivity index (χ1n) is 7.62. The molecule has 1 aromatic carbocycles. The fourth-order valence-corrected chi connectivity index (χ4v) is 2.89. The summed E-state index contributed by atoms with van der Waals surface area (Å²) in [5.74, 6) is 2.07. The van der Waals surface area contributed by atoms with Gasteiger partial charge >= 0.3 is 0 Å². The highest BCUT2D eigenvalue weighted by Crippen LogP contribution is 2.21. The van der Waals surface area contributed by atoms with Gasteiger partial charge < -0.3 is 19.8 Å². The number of hydrogen-bond donors (Lipinski definition) is 1. The molecule has 0 radical (unpaired) electrons. The summed E-state index contributed by atoms with van der Waals surface area (Å²) in [4.78, 5) is 14.2. The minimum atomic E-state index is -0.0733. The number of carbonyl (C=O) groups is 1. The minimum absolute atomic E-state index is 0.0733. The number of likely N-dealkylation sites (tertiary alicyclic amines) is 1. The zero-order chi connectivity index (χ0) is 16.2. The van der Waals surface area contributed by atoms with Crippen molar-refractivity contribution in [3.05, 3.63) is 52.4 Å². The van der Waals surface area contributed by atoms with Crippen LogP contribution in [0.4, 0.5) is 0 Å². The van der Waals surface area contributed by atoms with E-state index < -0.39 is 0 Å². The maximum Gasteiger partial charge on any atom is 0.289 e. The van der Waals surface area contributed by atoms with Gasteiger partial charge in [-0.05, 0) is 55.3 Å². The van der Waals surface area contributed by atoms with Crippen LogP contribution < -0.4 is 10.5 Å². The number of hydrogen-bond acceptors (Lipinski definition) is 4. The van der Waals surface area contributed by atoms with Crippen molar-refractivity contribution in [2.45, 2.75) is 13.0 Å². The van der Waals surface area contributed by atoms with Gasteiger partial charge in [-0.15, -0.1) is 0 Å². The van der Waals surface area contributed by atoms with Crippen LogP contribution in [0, 0.1) is 5.92 Å². The van der Waals surface area contributed by atoms with E-state index in [9.17, 15) is 4.79 Å². The molecule has 0 bridgehead atoms. The highest BCUT2D eigenvalue weighted by molar-refractivity contribution is 9.10. The largest absolute Gasteiger partial charge is 0.486 e. The molecule has 0 spiro atoms. The van der Waals surface area contributed by atoms with Crippen LogP contribution in [0.5, 0.6) is 5.75 Å². The Balaban J connectivity index is 1.57. The lowest BCUT2D eigenvalue weighted by atomic mass is 10.1. The van der Waals surface area contributed by atoms with Crippen molar-refractivity contribution in [1.82, 2.24) is 4.90 Å². The van der Waals surface area contributed by atoms with Crippen LogP contribution in [0.25, 0.3) is 0 Å². The van der Waals surface area contributed by atoms with Crippen molar-refractivity contribution in [2.24, 2.45) is 11.7 Å². The molecule has 5 nitrogen and oxygen atoms in total. The van der Waals surface area contributed by atoms with Crippen LogP contribution in [0.2, 0.25) is 0 Å². The van der Waals surface area contributed by atoms with Gasteiger partial charge in [-0.2, -0.15) is 0 Å². The molecule has 1 fully saturated rings. The molecule has 2 aromatic rings. The number of amides is 1. The van der Waals surface area contributed by atoms with Gasteiger partial charge in [0.2, 0.25) is 0 Å². The lowest BCUT2D eigenvalue weighted by Gasteiger charge is -2.14. The van der Waals surface area contributed by atoms with Crippen LogP contribution >= 0.6 is 15.9 Å². The molecule has 3 rings (SSSR count). The van der Waals surface area contributed by atoms with Crippen molar-refractivity contribution in [2.75, 3.05) is 19.6 Å². The molecule has 1 amide bonds. The van der Waals surface area contributed by atoms with E-state index >= 15 is 0 Å². The minimum Gasteiger partial charge on any atom is -0.486 e. The lowest BCUT2D eigenvalue weighted by Crippen LogP contribution is -2.29. The first-order chi connectivity index (χ1) is 11.2. The van der Waals surface area contributed by atoms with E-state index in [0.29, 0.717) is 37.1 Å². The third kappa shape index (κ3) is 3.95. The molecule has 6 heteroatoms. The highest BCUT2D eigenvalue weighted by Gasteiger charge is 2.27. The quantitative estimate of drug-likeness (QED) is 0.867. The smallest absolute Gasteiger partial charge is 0.289 e. The maximum absolute atomic E-state index is 12.4. The number of halogens is 1. The number of ether oxygens (including phenoxy) is 1. The molecular formula is C17H19BrN2O3. The molecule has 1 aliphatic heterocycles. The average molecular weight is 379 g/mol. The molecule has 0 saturated carbocycles. The molecule has 0 aliphatic carbocycles. The Morgan fingerprint density at radius 3 is 2.78 bits per heavy atom. The van der Waals surface area contributed by atoms with Gasteiger partial charge in [0.15, 0.2) is 5.76 Å². The summed E-state index contributed by atoms with van der Waals surface area (Å²) >= 11 is 3.38. The van der Waals surface area contributed by atoms with Crippen LogP contribution in [0.1, 0.15) is 22.7 Å². The van der Waals surface area contributed by atoms with Crippen molar-refractivity contribution in [3.63, 3.8) is 0 Å². The molecule has 1 aliphatic rings. The topological polar surface area (TPSA) is 68.7 Å². The fraction of sp³-hybridized carbons (Fsp3) is 0.353. The Morgan fingerprint density at radius 1 is 1.30 bits per heavy atom. The van der Waals surface area contributed by atoms with Gasteiger partial charge in [-0.3, -0.25) is 4.79 Å². The Bertz CT molecular complexity index is 669. The van der Waals surface area contributed by atoms with Crippen molar-refractivity contribution < 1.29 is 13.9 Å². The van der Waals surface area contributed by atoms with Crippen molar-refractivity contribution in [1.29, 1.82) is 0 Å². The molecular weight excluding hydrogens is 360 g/mol. The first-order valence-corrected chi connectivity index (χ1v) is 8.41. The summed E-state index contributed by atoms with van der Waals surface area (Å²) in [5.41, 5.74) is 5.66. The molecule has 2 heterocycles. The van der Waals surface area contributed by atoms with Gasteiger partial charge in [0.25, 0.3) is 5.91 Å². The Labute approximate surface area is 143 Å². The second-order valence-corrected chi connectivity index (χ2v) is 6.57. The van der Waals surface area contributed by atoms with Gasteiger partial charge in [0.1, 0.15) is 18.1 Å². The molecule has 1 saturated heterocycles. The van der Waals surface area contributed by atoms with E-state index in [1.54, 1.807) is 17.0 Å². The number of nitrogens with zero attached hydrogens (tertiary/aromatic N) is 1. The Morgan fingerprint density at radius 2 is 2.09 bits per heavy atom. The first kappa shape index (κ1) is 16.1. The SMILES string of the molecule is NC[C@@H]1CCN(C(=O)c2ccc(COc3ccc(Br)cc3)o2)C1. The predicted octanol–water partition coefficient (Wildman–Crippen LogP) is 3.04. The number of furan rings is 1. The molecule has 122 valence electrons. The summed E-state index contributed by atoms with van der Waals surface area (Å²) in [6.45, 7) is 2.36. The third-order valence-electron chi connectivity index (χ3n) is 3.97. The van der Waals surface area contributed by atoms with Gasteiger partial charge in [0, 0.05) is 17.6 Å². The summed E-state index contributed by atoms with van der Waals surface area (Å²) in [6.07, 6.45) is 0.961. The van der Waals surface area contributed by atoms with E-state index in [4.69, 9.17) is 14.9 Å². The zero-order valence-corrected chi connectivity index (χ0v) is 14.3. The average Bonchev–Trinajstić information content (AvgIpc) is 3.23. The van der Waals surface area contributed by atoms with Crippen LogP contribution in [-0.2, 0) is 6.61 Å². The van der Waals surface area contributed by atoms with E-state index in [0.717, 1.165) is 23.2 Å². The molecule has 23 heavy (non-hydrogen) atoms.